The highest BCUT2D eigenvalue weighted by Gasteiger charge is 2.26. The minimum atomic E-state index is -0.605. The molecule has 2 atom stereocenters. The highest BCUT2D eigenvalue weighted by molar-refractivity contribution is 5.88. The van der Waals surface area contributed by atoms with Crippen molar-refractivity contribution in [3.8, 4) is 0 Å². The molecule has 17 heavy (non-hydrogen) atoms. The average Bonchev–Trinajstić information content (AvgIpc) is 2.81. The van der Waals surface area contributed by atoms with Gasteiger partial charge in [-0.25, -0.2) is 0 Å². The number of primary amides is 1. The summed E-state index contributed by atoms with van der Waals surface area (Å²) in [5, 5.41) is 2.64. The SMILES string of the molecule is C=CCCC[C@@H](NC(=O)[C@H]1CCCO1)C(N)=O. The van der Waals surface area contributed by atoms with Gasteiger partial charge in [-0.05, 0) is 32.1 Å². The van der Waals surface area contributed by atoms with Crippen LogP contribution in [0.4, 0.5) is 0 Å². The summed E-state index contributed by atoms with van der Waals surface area (Å²) in [6, 6.07) is -0.605. The fraction of sp³-hybridized carbons (Fsp3) is 0.667. The maximum Gasteiger partial charge on any atom is 0.249 e. The van der Waals surface area contributed by atoms with E-state index in [1.807, 2.05) is 0 Å². The highest BCUT2D eigenvalue weighted by atomic mass is 16.5. The number of ether oxygens (including phenoxy) is 1. The Hall–Kier alpha value is -1.36. The standard InChI is InChI=1S/C12H20N2O3/c1-2-3-4-6-9(11(13)15)14-12(16)10-7-5-8-17-10/h2,9-10H,1,3-8H2,(H2,13,15)(H,14,16)/t9-,10-/m1/s1. The molecule has 0 aliphatic carbocycles. The van der Waals surface area contributed by atoms with Crippen LogP contribution < -0.4 is 11.1 Å². The number of carbonyl (C=O) groups excluding carboxylic acids is 2. The zero-order valence-corrected chi connectivity index (χ0v) is 9.98. The Bertz CT molecular complexity index is 285. The van der Waals surface area contributed by atoms with Crippen molar-refractivity contribution in [1.29, 1.82) is 0 Å². The Labute approximate surface area is 101 Å². The van der Waals surface area contributed by atoms with Crippen molar-refractivity contribution in [1.82, 2.24) is 5.32 Å². The van der Waals surface area contributed by atoms with Gasteiger partial charge < -0.3 is 15.8 Å². The first-order chi connectivity index (χ1) is 8.15. The lowest BCUT2D eigenvalue weighted by atomic mass is 10.1. The molecule has 0 bridgehead atoms. The van der Waals surface area contributed by atoms with Crippen LogP contribution >= 0.6 is 0 Å². The van der Waals surface area contributed by atoms with Gasteiger partial charge in [0, 0.05) is 6.61 Å². The number of nitrogens with one attached hydrogen (secondary N) is 1. The van der Waals surface area contributed by atoms with Gasteiger partial charge in [0.25, 0.3) is 0 Å². The summed E-state index contributed by atoms with van der Waals surface area (Å²) < 4.78 is 5.24. The van der Waals surface area contributed by atoms with E-state index in [4.69, 9.17) is 10.5 Å². The maximum absolute atomic E-state index is 11.7. The third-order valence-corrected chi connectivity index (χ3v) is 2.78. The first-order valence-electron chi connectivity index (χ1n) is 5.97. The Morgan fingerprint density at radius 1 is 1.59 bits per heavy atom. The molecule has 0 radical (unpaired) electrons. The van der Waals surface area contributed by atoms with Crippen LogP contribution in [0.2, 0.25) is 0 Å². The van der Waals surface area contributed by atoms with Crippen LogP contribution in [-0.2, 0) is 14.3 Å². The number of allylic oxidation sites excluding steroid dienone is 1. The first-order valence-corrected chi connectivity index (χ1v) is 5.97. The number of nitrogens with two attached hydrogens (primary N) is 1. The quantitative estimate of drug-likeness (QED) is 0.502. The van der Waals surface area contributed by atoms with Gasteiger partial charge in [-0.3, -0.25) is 9.59 Å². The minimum absolute atomic E-state index is 0.232. The molecule has 0 aromatic heterocycles. The Morgan fingerprint density at radius 2 is 2.35 bits per heavy atom. The molecule has 5 nitrogen and oxygen atoms in total. The monoisotopic (exact) mass is 240 g/mol. The number of hydrogen-bond acceptors (Lipinski definition) is 3. The summed E-state index contributed by atoms with van der Waals surface area (Å²) in [6.45, 7) is 4.21. The molecule has 0 unspecified atom stereocenters. The van der Waals surface area contributed by atoms with E-state index in [0.717, 1.165) is 19.3 Å². The summed E-state index contributed by atoms with van der Waals surface area (Å²) >= 11 is 0. The van der Waals surface area contributed by atoms with Crippen molar-refractivity contribution in [2.75, 3.05) is 6.61 Å². The second-order valence-corrected chi connectivity index (χ2v) is 4.18. The van der Waals surface area contributed by atoms with Gasteiger partial charge in [-0.1, -0.05) is 6.08 Å². The average molecular weight is 240 g/mol. The second kappa shape index (κ2) is 7.06. The zero-order valence-electron chi connectivity index (χ0n) is 9.98. The van der Waals surface area contributed by atoms with Gasteiger partial charge in [0.1, 0.15) is 12.1 Å². The van der Waals surface area contributed by atoms with Gasteiger partial charge >= 0.3 is 0 Å². The van der Waals surface area contributed by atoms with Crippen LogP contribution in [0.1, 0.15) is 32.1 Å². The Morgan fingerprint density at radius 3 is 2.88 bits per heavy atom. The van der Waals surface area contributed by atoms with Crippen LogP contribution in [0.3, 0.4) is 0 Å². The van der Waals surface area contributed by atoms with Gasteiger partial charge in [-0.15, -0.1) is 6.58 Å². The molecular formula is C12H20N2O3. The van der Waals surface area contributed by atoms with E-state index in [1.54, 1.807) is 6.08 Å². The molecule has 1 rings (SSSR count). The third-order valence-electron chi connectivity index (χ3n) is 2.78. The third kappa shape index (κ3) is 4.56. The predicted octanol–water partition coefficient (Wildman–Crippen LogP) is 0.492. The largest absolute Gasteiger partial charge is 0.368 e. The number of rotatable bonds is 7. The molecule has 0 aromatic rings. The summed E-state index contributed by atoms with van der Waals surface area (Å²) in [7, 11) is 0. The van der Waals surface area contributed by atoms with Crippen molar-refractivity contribution in [3.05, 3.63) is 12.7 Å². The van der Waals surface area contributed by atoms with Crippen LogP contribution in [0.5, 0.6) is 0 Å². The molecule has 2 amide bonds. The predicted molar refractivity (Wildman–Crippen MR) is 64.1 cm³/mol. The van der Waals surface area contributed by atoms with E-state index in [1.165, 1.54) is 0 Å². The van der Waals surface area contributed by atoms with Gasteiger partial charge in [0.15, 0.2) is 0 Å². The molecule has 3 N–H and O–H groups in total. The van der Waals surface area contributed by atoms with Crippen molar-refractivity contribution >= 4 is 11.8 Å². The molecule has 1 fully saturated rings. The zero-order chi connectivity index (χ0) is 12.7. The summed E-state index contributed by atoms with van der Waals surface area (Å²) in [4.78, 5) is 22.9. The topological polar surface area (TPSA) is 81.4 Å². The normalized spacial score (nSPS) is 20.8. The van der Waals surface area contributed by atoms with Crippen molar-refractivity contribution in [3.63, 3.8) is 0 Å². The van der Waals surface area contributed by atoms with E-state index in [-0.39, 0.29) is 5.91 Å². The molecule has 1 aliphatic heterocycles. The van der Waals surface area contributed by atoms with Crippen molar-refractivity contribution in [2.24, 2.45) is 5.73 Å². The lowest BCUT2D eigenvalue weighted by molar-refractivity contribution is -0.133. The second-order valence-electron chi connectivity index (χ2n) is 4.18. The highest BCUT2D eigenvalue weighted by Crippen LogP contribution is 2.12. The molecule has 96 valence electrons. The van der Waals surface area contributed by atoms with E-state index in [2.05, 4.69) is 11.9 Å². The van der Waals surface area contributed by atoms with Crippen LogP contribution in [-0.4, -0.2) is 30.6 Å². The molecular weight excluding hydrogens is 220 g/mol. The molecule has 5 heteroatoms. The van der Waals surface area contributed by atoms with Crippen molar-refractivity contribution in [2.45, 2.75) is 44.2 Å². The van der Waals surface area contributed by atoms with Crippen LogP contribution in [0.25, 0.3) is 0 Å². The van der Waals surface area contributed by atoms with Gasteiger partial charge in [-0.2, -0.15) is 0 Å². The van der Waals surface area contributed by atoms with E-state index in [9.17, 15) is 9.59 Å². The fourth-order valence-electron chi connectivity index (χ4n) is 1.80. The molecule has 0 spiro atoms. The van der Waals surface area contributed by atoms with Crippen molar-refractivity contribution < 1.29 is 14.3 Å². The molecule has 1 aliphatic rings. The smallest absolute Gasteiger partial charge is 0.249 e. The lowest BCUT2D eigenvalue weighted by Crippen LogP contribution is -2.47. The summed E-state index contributed by atoms with van der Waals surface area (Å²) in [5.41, 5.74) is 5.25. The van der Waals surface area contributed by atoms with Crippen LogP contribution in [0.15, 0.2) is 12.7 Å². The van der Waals surface area contributed by atoms with Gasteiger partial charge in [0.05, 0.1) is 0 Å². The fourth-order valence-corrected chi connectivity index (χ4v) is 1.80. The molecule has 0 aromatic carbocycles. The van der Waals surface area contributed by atoms with E-state index in [0.29, 0.717) is 19.4 Å². The Kier molecular flexibility index (Phi) is 5.69. The van der Waals surface area contributed by atoms with Gasteiger partial charge in [0.2, 0.25) is 11.8 Å². The minimum Gasteiger partial charge on any atom is -0.368 e. The lowest BCUT2D eigenvalue weighted by Gasteiger charge is -2.17. The molecule has 0 saturated carbocycles. The molecule has 1 heterocycles. The van der Waals surface area contributed by atoms with E-state index < -0.39 is 18.1 Å². The number of unbranched alkanes of at least 4 members (excludes halogenated alkanes) is 1. The van der Waals surface area contributed by atoms with Crippen LogP contribution in [0, 0.1) is 0 Å². The Balaban J connectivity index is 2.39. The summed E-state index contributed by atoms with van der Waals surface area (Å²) in [6.07, 6.45) is 5.08. The molecule has 1 saturated heterocycles. The number of amides is 2. The maximum atomic E-state index is 11.7. The summed E-state index contributed by atoms with van der Waals surface area (Å²) in [5.74, 6) is -0.731. The number of carbonyl (C=O) groups is 2. The first kappa shape index (κ1) is 13.7. The number of hydrogen-bond donors (Lipinski definition) is 2. The van der Waals surface area contributed by atoms with E-state index >= 15 is 0 Å².